The molecule has 2 N–H and O–H groups in total. The highest BCUT2D eigenvalue weighted by Crippen LogP contribution is 2.30. The number of fused-ring (bicyclic) bond motifs is 1. The number of halogens is 1. The zero-order valence-corrected chi connectivity index (χ0v) is 16.2. The molecule has 1 fully saturated rings. The number of nitrogens with one attached hydrogen (secondary N) is 2. The van der Waals surface area contributed by atoms with Crippen molar-refractivity contribution in [2.24, 2.45) is 0 Å². The first-order valence-corrected chi connectivity index (χ1v) is 9.53. The molecule has 2 aromatic carbocycles. The Morgan fingerprint density at radius 3 is 2.75 bits per heavy atom. The summed E-state index contributed by atoms with van der Waals surface area (Å²) >= 11 is 5.94. The predicted molar refractivity (Wildman–Crippen MR) is 108 cm³/mol. The number of amides is 2. The molecule has 2 aliphatic rings. The fraction of sp³-hybridized carbons (Fsp3) is 0.238. The molecule has 2 aliphatic heterocycles. The van der Waals surface area contributed by atoms with Crippen LogP contribution in [0.1, 0.15) is 23.6 Å². The molecule has 2 amide bonds. The van der Waals surface area contributed by atoms with Crippen molar-refractivity contribution in [1.29, 1.82) is 0 Å². The number of anilines is 1. The number of rotatable bonds is 4. The van der Waals surface area contributed by atoms with Gasteiger partial charge in [0, 0.05) is 23.1 Å². The summed E-state index contributed by atoms with van der Waals surface area (Å²) in [6.07, 6.45) is 4.10. The topological polar surface area (TPSA) is 64.7 Å². The summed E-state index contributed by atoms with van der Waals surface area (Å²) in [6.45, 7) is 2.01. The van der Waals surface area contributed by atoms with Crippen molar-refractivity contribution < 1.29 is 9.59 Å². The van der Waals surface area contributed by atoms with Crippen molar-refractivity contribution in [3.8, 4) is 0 Å². The molecule has 6 nitrogen and oxygen atoms in total. The molecular formula is C21H21ClN4O2. The van der Waals surface area contributed by atoms with Crippen LogP contribution >= 0.6 is 11.6 Å². The minimum Gasteiger partial charge on any atom is -0.324 e. The number of carbonyl (C=O) groups excluding carboxylic acids is 2. The number of carbonyl (C=O) groups is 2. The van der Waals surface area contributed by atoms with Gasteiger partial charge in [-0.15, -0.1) is 0 Å². The van der Waals surface area contributed by atoms with Gasteiger partial charge in [0.1, 0.15) is 12.6 Å². The second-order valence-electron chi connectivity index (χ2n) is 7.07. The molecule has 7 heteroatoms. The van der Waals surface area contributed by atoms with Gasteiger partial charge < -0.3 is 15.2 Å². The Labute approximate surface area is 168 Å². The van der Waals surface area contributed by atoms with Gasteiger partial charge in [0.25, 0.3) is 5.91 Å². The molecule has 28 heavy (non-hydrogen) atoms. The van der Waals surface area contributed by atoms with E-state index in [1.165, 1.54) is 10.5 Å². The average molecular weight is 397 g/mol. The second-order valence-corrected chi connectivity index (χ2v) is 7.51. The molecule has 4 rings (SSSR count). The minimum atomic E-state index is -0.324. The zero-order valence-electron chi connectivity index (χ0n) is 15.4. The van der Waals surface area contributed by atoms with Gasteiger partial charge in [-0.05, 0) is 37.1 Å². The van der Waals surface area contributed by atoms with Crippen LogP contribution in [0.3, 0.4) is 0 Å². The number of aryl methyl sites for hydroxylation is 1. The van der Waals surface area contributed by atoms with E-state index >= 15 is 0 Å². The van der Waals surface area contributed by atoms with Crippen LogP contribution in [-0.2, 0) is 9.59 Å². The number of hydrogen-bond donors (Lipinski definition) is 2. The van der Waals surface area contributed by atoms with E-state index in [-0.39, 0.29) is 30.4 Å². The Kier molecular flexibility index (Phi) is 5.07. The van der Waals surface area contributed by atoms with Crippen molar-refractivity contribution in [1.82, 2.24) is 15.3 Å². The maximum absolute atomic E-state index is 12.9. The largest absolute Gasteiger partial charge is 0.324 e. The predicted octanol–water partition coefficient (Wildman–Crippen LogP) is 3.22. The number of hydrazine groups is 1. The number of hydrogen-bond acceptors (Lipinski definition) is 4. The first kappa shape index (κ1) is 18.5. The van der Waals surface area contributed by atoms with Gasteiger partial charge in [0.05, 0.1) is 6.04 Å². The third kappa shape index (κ3) is 3.88. The SMILES string of the molecule is Cc1ccc(C2CC3C(=O)N(CC(=O)Nc4cccc(Cl)c4)C=CN3N2)cc1. The summed E-state index contributed by atoms with van der Waals surface area (Å²) in [5.74, 6) is -0.361. The van der Waals surface area contributed by atoms with Crippen LogP contribution in [0.15, 0.2) is 60.9 Å². The van der Waals surface area contributed by atoms with E-state index in [1.54, 1.807) is 30.5 Å². The lowest BCUT2D eigenvalue weighted by Gasteiger charge is -2.31. The molecule has 2 aromatic rings. The van der Waals surface area contributed by atoms with Gasteiger partial charge in [0.15, 0.2) is 0 Å². The maximum atomic E-state index is 12.9. The molecule has 0 saturated carbocycles. The maximum Gasteiger partial charge on any atom is 0.251 e. The highest BCUT2D eigenvalue weighted by Gasteiger charge is 2.40. The second kappa shape index (κ2) is 7.66. The molecule has 2 heterocycles. The van der Waals surface area contributed by atoms with Gasteiger partial charge in [-0.3, -0.25) is 9.59 Å². The average Bonchev–Trinajstić information content (AvgIpc) is 3.10. The van der Waals surface area contributed by atoms with Crippen LogP contribution in [0.5, 0.6) is 0 Å². The first-order valence-electron chi connectivity index (χ1n) is 9.15. The fourth-order valence-corrected chi connectivity index (χ4v) is 3.70. The summed E-state index contributed by atoms with van der Waals surface area (Å²) in [6, 6.07) is 15.0. The lowest BCUT2D eigenvalue weighted by molar-refractivity contribution is -0.137. The summed E-state index contributed by atoms with van der Waals surface area (Å²) in [5, 5.41) is 5.14. The van der Waals surface area contributed by atoms with E-state index in [9.17, 15) is 9.59 Å². The molecular weight excluding hydrogens is 376 g/mol. The molecule has 0 radical (unpaired) electrons. The van der Waals surface area contributed by atoms with Crippen molar-refractivity contribution >= 4 is 29.1 Å². The molecule has 0 bridgehead atoms. The van der Waals surface area contributed by atoms with Crippen LogP contribution in [0.25, 0.3) is 0 Å². The third-order valence-corrected chi connectivity index (χ3v) is 5.21. The molecule has 2 atom stereocenters. The van der Waals surface area contributed by atoms with E-state index in [0.29, 0.717) is 17.1 Å². The van der Waals surface area contributed by atoms with Gasteiger partial charge in [-0.25, -0.2) is 5.43 Å². The lowest BCUT2D eigenvalue weighted by atomic mass is 10.00. The van der Waals surface area contributed by atoms with Crippen LogP contribution in [0.4, 0.5) is 5.69 Å². The summed E-state index contributed by atoms with van der Waals surface area (Å²) in [5.41, 5.74) is 6.31. The van der Waals surface area contributed by atoms with Crippen molar-refractivity contribution in [2.45, 2.75) is 25.4 Å². The smallest absolute Gasteiger partial charge is 0.251 e. The van der Waals surface area contributed by atoms with Gasteiger partial charge in [-0.2, -0.15) is 0 Å². The van der Waals surface area contributed by atoms with Crippen LogP contribution in [-0.4, -0.2) is 34.3 Å². The monoisotopic (exact) mass is 396 g/mol. The lowest BCUT2D eigenvalue weighted by Crippen LogP contribution is -2.49. The van der Waals surface area contributed by atoms with Crippen LogP contribution in [0, 0.1) is 6.92 Å². The van der Waals surface area contributed by atoms with Gasteiger partial charge in [-0.1, -0.05) is 47.5 Å². The van der Waals surface area contributed by atoms with E-state index in [1.807, 2.05) is 18.1 Å². The molecule has 0 aliphatic carbocycles. The Bertz CT molecular complexity index is 928. The minimum absolute atomic E-state index is 0.0403. The quantitative estimate of drug-likeness (QED) is 0.832. The van der Waals surface area contributed by atoms with Crippen molar-refractivity contribution in [3.63, 3.8) is 0 Å². The Balaban J connectivity index is 1.39. The first-order chi connectivity index (χ1) is 13.5. The molecule has 2 unspecified atom stereocenters. The molecule has 0 aromatic heterocycles. The summed E-state index contributed by atoms with van der Waals surface area (Å²) < 4.78 is 0. The van der Waals surface area contributed by atoms with Crippen LogP contribution < -0.4 is 10.7 Å². The fourth-order valence-electron chi connectivity index (χ4n) is 3.50. The van der Waals surface area contributed by atoms with Gasteiger partial charge >= 0.3 is 0 Å². The highest BCUT2D eigenvalue weighted by atomic mass is 35.5. The van der Waals surface area contributed by atoms with E-state index in [4.69, 9.17) is 11.6 Å². The molecule has 0 spiro atoms. The molecule has 144 valence electrons. The Morgan fingerprint density at radius 1 is 1.21 bits per heavy atom. The standard InChI is InChI=1S/C21H21ClN4O2/c1-14-5-7-15(8-6-14)18-12-19-21(28)25(9-10-26(19)24-18)13-20(27)23-17-4-2-3-16(22)11-17/h2-11,18-19,24H,12-13H2,1H3,(H,23,27). The number of benzene rings is 2. The van der Waals surface area contributed by atoms with Crippen molar-refractivity contribution in [3.05, 3.63) is 77.1 Å². The molecule has 1 saturated heterocycles. The van der Waals surface area contributed by atoms with Crippen LogP contribution in [0.2, 0.25) is 5.02 Å². The van der Waals surface area contributed by atoms with E-state index in [2.05, 4.69) is 35.0 Å². The van der Waals surface area contributed by atoms with E-state index in [0.717, 1.165) is 5.56 Å². The Morgan fingerprint density at radius 2 is 2.00 bits per heavy atom. The van der Waals surface area contributed by atoms with E-state index < -0.39 is 0 Å². The van der Waals surface area contributed by atoms with Gasteiger partial charge in [0.2, 0.25) is 5.91 Å². The summed E-state index contributed by atoms with van der Waals surface area (Å²) in [7, 11) is 0. The Hall–Kier alpha value is -2.83. The summed E-state index contributed by atoms with van der Waals surface area (Å²) in [4.78, 5) is 26.7. The normalized spacial score (nSPS) is 21.0. The zero-order chi connectivity index (χ0) is 19.7. The van der Waals surface area contributed by atoms with Crippen molar-refractivity contribution in [2.75, 3.05) is 11.9 Å². The third-order valence-electron chi connectivity index (χ3n) is 4.98. The number of nitrogens with zero attached hydrogens (tertiary/aromatic N) is 2. The highest BCUT2D eigenvalue weighted by molar-refractivity contribution is 6.30.